The van der Waals surface area contributed by atoms with E-state index in [2.05, 4.69) is 0 Å². The van der Waals surface area contributed by atoms with Gasteiger partial charge in [-0.05, 0) is 42.9 Å². The molecule has 1 N–H and O–H groups in total. The van der Waals surface area contributed by atoms with Crippen molar-refractivity contribution >= 4 is 17.9 Å². The first kappa shape index (κ1) is 17.7. The summed E-state index contributed by atoms with van der Waals surface area (Å²) in [6.45, 7) is 4.71. The normalized spacial score (nSPS) is 21.8. The molecule has 0 spiro atoms. The predicted octanol–water partition coefficient (Wildman–Crippen LogP) is 2.57. The molecule has 2 aliphatic heterocycles. The second-order valence-corrected chi connectivity index (χ2v) is 7.05. The molecule has 3 rings (SSSR count). The molecule has 2 aliphatic rings. The second kappa shape index (κ2) is 7.40. The number of amides is 2. The van der Waals surface area contributed by atoms with Gasteiger partial charge in [0, 0.05) is 26.2 Å². The largest absolute Gasteiger partial charge is 0.393 e. The molecule has 5 heteroatoms. The Kier molecular flexibility index (Phi) is 5.23. The molecule has 1 aromatic rings. The van der Waals surface area contributed by atoms with E-state index in [0.29, 0.717) is 19.5 Å². The van der Waals surface area contributed by atoms with Crippen molar-refractivity contribution in [3.63, 3.8) is 0 Å². The molecule has 2 heterocycles. The van der Waals surface area contributed by atoms with Crippen LogP contribution in [0, 0.1) is 5.92 Å². The number of aliphatic hydroxyl groups excluding tert-OH is 1. The zero-order valence-electron chi connectivity index (χ0n) is 14.9. The first-order valence-corrected chi connectivity index (χ1v) is 8.99. The topological polar surface area (TPSA) is 60.9 Å². The van der Waals surface area contributed by atoms with Gasteiger partial charge in [-0.2, -0.15) is 0 Å². The van der Waals surface area contributed by atoms with Crippen LogP contribution >= 0.6 is 0 Å². The molecular formula is C20H26N2O3. The maximum atomic E-state index is 12.8. The van der Waals surface area contributed by atoms with E-state index in [1.807, 2.05) is 42.2 Å². The number of likely N-dealkylation sites (tertiary alicyclic amines) is 1. The van der Waals surface area contributed by atoms with Gasteiger partial charge in [0.2, 0.25) is 11.8 Å². The molecule has 0 aliphatic carbocycles. The van der Waals surface area contributed by atoms with Crippen LogP contribution in [0.15, 0.2) is 30.5 Å². The minimum Gasteiger partial charge on any atom is -0.393 e. The summed E-state index contributed by atoms with van der Waals surface area (Å²) in [6, 6.07) is 7.66. The van der Waals surface area contributed by atoms with Crippen molar-refractivity contribution in [3.05, 3.63) is 41.6 Å². The molecule has 0 saturated carbocycles. The number of hydrogen-bond donors (Lipinski definition) is 1. The molecule has 0 bridgehead atoms. The number of benzene rings is 1. The summed E-state index contributed by atoms with van der Waals surface area (Å²) in [5.74, 6) is 0.290. The van der Waals surface area contributed by atoms with E-state index in [9.17, 15) is 14.7 Å². The van der Waals surface area contributed by atoms with Crippen LogP contribution in [0.1, 0.15) is 50.3 Å². The van der Waals surface area contributed by atoms with Gasteiger partial charge in [-0.15, -0.1) is 0 Å². The molecule has 2 amide bonds. The van der Waals surface area contributed by atoms with E-state index in [-0.39, 0.29) is 29.9 Å². The Morgan fingerprint density at radius 3 is 2.56 bits per heavy atom. The number of rotatable bonds is 3. The van der Waals surface area contributed by atoms with Crippen LogP contribution in [-0.4, -0.2) is 45.9 Å². The fourth-order valence-electron chi connectivity index (χ4n) is 3.84. The van der Waals surface area contributed by atoms with Crippen molar-refractivity contribution in [3.8, 4) is 0 Å². The van der Waals surface area contributed by atoms with Crippen molar-refractivity contribution in [2.45, 2.75) is 45.3 Å². The first-order valence-electron chi connectivity index (χ1n) is 8.99. The standard InChI is InChI=1S/C20H26N2O3/c1-14(23)16-7-10-21(11-8-16)20(25)13-19-18-6-4-3-5-17(18)9-12-22(19)15(2)24/h3-6,9,12,14,16,19,23H,7-8,10-11,13H2,1-2H3. The van der Waals surface area contributed by atoms with Crippen LogP contribution in [0.4, 0.5) is 0 Å². The van der Waals surface area contributed by atoms with Gasteiger partial charge in [-0.3, -0.25) is 9.59 Å². The van der Waals surface area contributed by atoms with Gasteiger partial charge in [0.25, 0.3) is 0 Å². The van der Waals surface area contributed by atoms with Gasteiger partial charge in [0.15, 0.2) is 0 Å². The highest BCUT2D eigenvalue weighted by atomic mass is 16.3. The number of nitrogens with zero attached hydrogens (tertiary/aromatic N) is 2. The molecule has 134 valence electrons. The Labute approximate surface area is 148 Å². The lowest BCUT2D eigenvalue weighted by Gasteiger charge is -2.36. The second-order valence-electron chi connectivity index (χ2n) is 7.05. The Bertz CT molecular complexity index is 675. The van der Waals surface area contributed by atoms with E-state index in [4.69, 9.17) is 0 Å². The van der Waals surface area contributed by atoms with Crippen LogP contribution in [0.25, 0.3) is 6.08 Å². The lowest BCUT2D eigenvalue weighted by atomic mass is 9.90. The van der Waals surface area contributed by atoms with Gasteiger partial charge >= 0.3 is 0 Å². The van der Waals surface area contributed by atoms with E-state index in [0.717, 1.165) is 24.0 Å². The summed E-state index contributed by atoms with van der Waals surface area (Å²) in [6.07, 6.45) is 5.34. The molecule has 0 radical (unpaired) electrons. The molecule has 1 fully saturated rings. The maximum absolute atomic E-state index is 12.8. The molecule has 2 atom stereocenters. The minimum atomic E-state index is -0.319. The number of carbonyl (C=O) groups is 2. The Balaban J connectivity index is 1.73. The van der Waals surface area contributed by atoms with Gasteiger partial charge < -0.3 is 14.9 Å². The zero-order valence-corrected chi connectivity index (χ0v) is 14.9. The Morgan fingerprint density at radius 1 is 1.24 bits per heavy atom. The fraction of sp³-hybridized carbons (Fsp3) is 0.500. The molecule has 2 unspecified atom stereocenters. The van der Waals surface area contributed by atoms with Crippen LogP contribution in [-0.2, 0) is 9.59 Å². The molecule has 1 saturated heterocycles. The average molecular weight is 342 g/mol. The zero-order chi connectivity index (χ0) is 18.0. The molecular weight excluding hydrogens is 316 g/mol. The number of fused-ring (bicyclic) bond motifs is 1. The third-order valence-electron chi connectivity index (χ3n) is 5.41. The lowest BCUT2D eigenvalue weighted by Crippen LogP contribution is -2.42. The molecule has 1 aromatic carbocycles. The third kappa shape index (κ3) is 3.76. The quantitative estimate of drug-likeness (QED) is 0.918. The van der Waals surface area contributed by atoms with Crippen molar-refractivity contribution < 1.29 is 14.7 Å². The van der Waals surface area contributed by atoms with Crippen molar-refractivity contribution in [2.75, 3.05) is 13.1 Å². The highest BCUT2D eigenvalue weighted by Gasteiger charge is 2.31. The highest BCUT2D eigenvalue weighted by molar-refractivity contribution is 5.82. The number of piperidine rings is 1. The SMILES string of the molecule is CC(=O)N1C=Cc2ccccc2C1CC(=O)N1CCC(C(C)O)CC1. The predicted molar refractivity (Wildman–Crippen MR) is 96.3 cm³/mol. The summed E-state index contributed by atoms with van der Waals surface area (Å²) in [4.78, 5) is 28.4. The summed E-state index contributed by atoms with van der Waals surface area (Å²) >= 11 is 0. The van der Waals surface area contributed by atoms with Gasteiger partial charge in [0.1, 0.15) is 0 Å². The molecule has 0 aromatic heterocycles. The maximum Gasteiger partial charge on any atom is 0.225 e. The van der Waals surface area contributed by atoms with Crippen LogP contribution in [0.2, 0.25) is 0 Å². The van der Waals surface area contributed by atoms with E-state index in [1.54, 1.807) is 11.1 Å². The first-order chi connectivity index (χ1) is 12.0. The van der Waals surface area contributed by atoms with Crippen LogP contribution in [0.5, 0.6) is 0 Å². The minimum absolute atomic E-state index is 0.0589. The van der Waals surface area contributed by atoms with Crippen LogP contribution in [0.3, 0.4) is 0 Å². The molecule has 5 nitrogen and oxygen atoms in total. The summed E-state index contributed by atoms with van der Waals surface area (Å²) in [7, 11) is 0. The summed E-state index contributed by atoms with van der Waals surface area (Å²) < 4.78 is 0. The van der Waals surface area contributed by atoms with Crippen LogP contribution < -0.4 is 0 Å². The van der Waals surface area contributed by atoms with Crippen molar-refractivity contribution in [1.82, 2.24) is 9.80 Å². The third-order valence-corrected chi connectivity index (χ3v) is 5.41. The smallest absolute Gasteiger partial charge is 0.225 e. The highest BCUT2D eigenvalue weighted by Crippen LogP contribution is 2.33. The van der Waals surface area contributed by atoms with Crippen molar-refractivity contribution in [1.29, 1.82) is 0 Å². The summed E-state index contributed by atoms with van der Waals surface area (Å²) in [5.41, 5.74) is 2.08. The number of aliphatic hydroxyl groups is 1. The fourth-order valence-corrected chi connectivity index (χ4v) is 3.84. The van der Waals surface area contributed by atoms with E-state index >= 15 is 0 Å². The van der Waals surface area contributed by atoms with Crippen molar-refractivity contribution in [2.24, 2.45) is 5.92 Å². The van der Waals surface area contributed by atoms with Gasteiger partial charge in [0.05, 0.1) is 18.6 Å². The van der Waals surface area contributed by atoms with Gasteiger partial charge in [-0.25, -0.2) is 0 Å². The van der Waals surface area contributed by atoms with Gasteiger partial charge in [-0.1, -0.05) is 24.3 Å². The Hall–Kier alpha value is -2.14. The lowest BCUT2D eigenvalue weighted by molar-refractivity contribution is -0.136. The number of hydrogen-bond acceptors (Lipinski definition) is 3. The van der Waals surface area contributed by atoms with E-state index < -0.39 is 0 Å². The monoisotopic (exact) mass is 342 g/mol. The summed E-state index contributed by atoms with van der Waals surface area (Å²) in [5, 5.41) is 9.71. The number of carbonyl (C=O) groups excluding carboxylic acids is 2. The van der Waals surface area contributed by atoms with E-state index in [1.165, 1.54) is 6.92 Å². The average Bonchev–Trinajstić information content (AvgIpc) is 2.61. The Morgan fingerprint density at radius 2 is 1.92 bits per heavy atom. The molecule has 25 heavy (non-hydrogen) atoms.